The maximum atomic E-state index is 10.3. The van der Waals surface area contributed by atoms with Gasteiger partial charge in [0.2, 0.25) is 0 Å². The molecule has 1 saturated carbocycles. The Morgan fingerprint density at radius 1 is 1.25 bits per heavy atom. The molecular formula is C9H17NOW. The van der Waals surface area contributed by atoms with Crippen molar-refractivity contribution in [3.8, 4) is 0 Å². The first-order valence-corrected chi connectivity index (χ1v) is 3.91. The number of hydrogen-bond acceptors (Lipinski definition) is 1. The smallest absolute Gasteiger partial charge is 0.662 e. The summed E-state index contributed by atoms with van der Waals surface area (Å²) < 4.78 is 0. The van der Waals surface area contributed by atoms with Crippen LogP contribution in [0.15, 0.2) is 0 Å². The molecule has 1 aliphatic carbocycles. The van der Waals surface area contributed by atoms with E-state index in [0.29, 0.717) is 12.0 Å². The first kappa shape index (κ1) is 14.8. The molecule has 12 heavy (non-hydrogen) atoms. The van der Waals surface area contributed by atoms with Gasteiger partial charge in [-0.15, -0.1) is 6.04 Å². The van der Waals surface area contributed by atoms with Gasteiger partial charge in [-0.3, -0.25) is 0 Å². The fourth-order valence-electron chi connectivity index (χ4n) is 1.50. The Bertz CT molecular complexity index is 111. The number of nitrogens with zero attached hydrogens (tertiary/aromatic N) is 1. The molecule has 1 aliphatic rings. The predicted molar refractivity (Wildman–Crippen MR) is 47.5 cm³/mol. The SMILES string of the molecule is C[N-]C1CCC(C=O)CC1.[CH3-].[W+2]. The van der Waals surface area contributed by atoms with Crippen molar-refractivity contribution in [3.63, 3.8) is 0 Å². The minimum Gasteiger partial charge on any atom is -0.662 e. The minimum atomic E-state index is 0. The zero-order chi connectivity index (χ0) is 7.40. The van der Waals surface area contributed by atoms with Crippen LogP contribution in [0.25, 0.3) is 5.32 Å². The summed E-state index contributed by atoms with van der Waals surface area (Å²) in [6.07, 6.45) is 5.41. The molecule has 0 atom stereocenters. The minimum absolute atomic E-state index is 0. The molecule has 0 aromatic carbocycles. The van der Waals surface area contributed by atoms with Crippen LogP contribution in [0.5, 0.6) is 0 Å². The maximum Gasteiger partial charge on any atom is 2.00 e. The molecule has 70 valence electrons. The zero-order valence-corrected chi connectivity index (χ0v) is 10.8. The Balaban J connectivity index is 0. The van der Waals surface area contributed by atoms with E-state index in [0.717, 1.165) is 32.0 Å². The van der Waals surface area contributed by atoms with Crippen molar-refractivity contribution in [2.24, 2.45) is 5.92 Å². The second kappa shape index (κ2) is 7.94. The van der Waals surface area contributed by atoms with E-state index in [1.54, 1.807) is 0 Å². The number of aldehydes is 1. The van der Waals surface area contributed by atoms with Gasteiger partial charge in [-0.05, 0) is 12.8 Å². The predicted octanol–water partition coefficient (Wildman–Crippen LogP) is 2.20. The molecule has 3 heteroatoms. The first-order chi connectivity index (χ1) is 4.86. The molecule has 1 fully saturated rings. The second-order valence-corrected chi connectivity index (χ2v) is 2.96. The number of hydrogen-bond donors (Lipinski definition) is 0. The van der Waals surface area contributed by atoms with Gasteiger partial charge in [0.15, 0.2) is 0 Å². The average Bonchev–Trinajstić information content (AvgIpc) is 2.05. The monoisotopic (exact) mass is 339 g/mol. The van der Waals surface area contributed by atoms with Crippen LogP contribution in [0, 0.1) is 13.3 Å². The Morgan fingerprint density at radius 2 is 1.75 bits per heavy atom. The van der Waals surface area contributed by atoms with Crippen LogP contribution in [0.2, 0.25) is 0 Å². The molecule has 1 rings (SSSR count). The third-order valence-corrected chi connectivity index (χ3v) is 2.30. The summed E-state index contributed by atoms with van der Waals surface area (Å²) in [5.41, 5.74) is 0. The van der Waals surface area contributed by atoms with Gasteiger partial charge in [0.1, 0.15) is 6.29 Å². The van der Waals surface area contributed by atoms with Crippen LogP contribution in [0.3, 0.4) is 0 Å². The van der Waals surface area contributed by atoms with Gasteiger partial charge in [0, 0.05) is 5.92 Å². The summed E-state index contributed by atoms with van der Waals surface area (Å²) in [6, 6.07) is 0.538. The summed E-state index contributed by atoms with van der Waals surface area (Å²) >= 11 is 0. The Labute approximate surface area is 89.8 Å². The first-order valence-electron chi connectivity index (χ1n) is 3.91. The molecule has 0 unspecified atom stereocenters. The molecule has 0 amide bonds. The van der Waals surface area contributed by atoms with Crippen LogP contribution in [0.1, 0.15) is 25.7 Å². The van der Waals surface area contributed by atoms with E-state index in [4.69, 9.17) is 0 Å². The Morgan fingerprint density at radius 3 is 2.08 bits per heavy atom. The topological polar surface area (TPSA) is 31.2 Å². The fourth-order valence-corrected chi connectivity index (χ4v) is 1.50. The molecule has 0 bridgehead atoms. The standard InChI is InChI=1S/C8H14NO.CH3.W/c1-9-8-4-2-7(6-10)3-5-8;;/h6-8H,2-5H2,1H3;1H3;/q2*-1;+2. The van der Waals surface area contributed by atoms with E-state index < -0.39 is 0 Å². The van der Waals surface area contributed by atoms with Gasteiger partial charge in [-0.1, -0.05) is 12.8 Å². The second-order valence-electron chi connectivity index (χ2n) is 2.96. The van der Waals surface area contributed by atoms with E-state index in [2.05, 4.69) is 5.32 Å². The Hall–Kier alpha value is 0.318. The molecule has 0 aromatic heterocycles. The Kier molecular flexibility index (Phi) is 9.81. The molecular weight excluding hydrogens is 322 g/mol. The van der Waals surface area contributed by atoms with Crippen molar-refractivity contribution >= 4 is 6.29 Å². The van der Waals surface area contributed by atoms with Crippen molar-refractivity contribution in [2.75, 3.05) is 7.05 Å². The van der Waals surface area contributed by atoms with Crippen LogP contribution in [-0.4, -0.2) is 19.4 Å². The van der Waals surface area contributed by atoms with Gasteiger partial charge < -0.3 is 17.5 Å². The number of carbonyl (C=O) groups is 1. The largest absolute Gasteiger partial charge is 2.00 e. The summed E-state index contributed by atoms with van der Waals surface area (Å²) in [5.74, 6) is 0.331. The van der Waals surface area contributed by atoms with Crippen molar-refractivity contribution < 1.29 is 25.9 Å². The molecule has 0 aliphatic heterocycles. The van der Waals surface area contributed by atoms with Crippen molar-refractivity contribution in [2.45, 2.75) is 31.7 Å². The van der Waals surface area contributed by atoms with Crippen LogP contribution in [0.4, 0.5) is 0 Å². The molecule has 0 heterocycles. The van der Waals surface area contributed by atoms with Crippen molar-refractivity contribution in [3.05, 3.63) is 12.7 Å². The van der Waals surface area contributed by atoms with Crippen molar-refractivity contribution in [1.82, 2.24) is 0 Å². The van der Waals surface area contributed by atoms with E-state index in [1.807, 2.05) is 7.05 Å². The van der Waals surface area contributed by atoms with E-state index in [-0.39, 0.29) is 28.5 Å². The molecule has 0 aromatic rings. The zero-order valence-electron chi connectivity index (χ0n) is 7.82. The van der Waals surface area contributed by atoms with Gasteiger partial charge in [0.25, 0.3) is 0 Å². The third kappa shape index (κ3) is 4.37. The molecule has 0 N–H and O–H groups in total. The van der Waals surface area contributed by atoms with Crippen LogP contribution < -0.4 is 0 Å². The van der Waals surface area contributed by atoms with Crippen molar-refractivity contribution in [1.29, 1.82) is 0 Å². The molecule has 0 radical (unpaired) electrons. The quantitative estimate of drug-likeness (QED) is 0.561. The van der Waals surface area contributed by atoms with E-state index in [1.165, 1.54) is 0 Å². The van der Waals surface area contributed by atoms with Gasteiger partial charge in [-0.25, -0.2) is 0 Å². The van der Waals surface area contributed by atoms with Gasteiger partial charge >= 0.3 is 21.1 Å². The number of rotatable bonds is 2. The van der Waals surface area contributed by atoms with Crippen LogP contribution >= 0.6 is 0 Å². The fraction of sp³-hybridized carbons (Fsp3) is 0.778. The third-order valence-electron chi connectivity index (χ3n) is 2.30. The normalized spacial score (nSPS) is 28.1. The molecule has 2 nitrogen and oxygen atoms in total. The summed E-state index contributed by atoms with van der Waals surface area (Å²) in [5, 5.41) is 4.20. The van der Waals surface area contributed by atoms with E-state index in [9.17, 15) is 4.79 Å². The number of carbonyl (C=O) groups excluding carboxylic acids is 1. The van der Waals surface area contributed by atoms with Gasteiger partial charge in [-0.2, -0.15) is 7.05 Å². The summed E-state index contributed by atoms with van der Waals surface area (Å²) in [4.78, 5) is 10.3. The van der Waals surface area contributed by atoms with Crippen LogP contribution in [-0.2, 0) is 25.9 Å². The van der Waals surface area contributed by atoms with E-state index >= 15 is 0 Å². The average molecular weight is 339 g/mol. The molecule has 0 saturated heterocycles. The maximum absolute atomic E-state index is 10.3. The molecule has 0 spiro atoms. The van der Waals surface area contributed by atoms with Gasteiger partial charge in [0.05, 0.1) is 0 Å². The summed E-state index contributed by atoms with van der Waals surface area (Å²) in [7, 11) is 1.87. The summed E-state index contributed by atoms with van der Waals surface area (Å²) in [6.45, 7) is 0.